The highest BCUT2D eigenvalue weighted by atomic mass is 16.5. The first-order valence-corrected chi connectivity index (χ1v) is 12.4. The molecule has 0 amide bonds. The van der Waals surface area contributed by atoms with Crippen LogP contribution in [0.15, 0.2) is 36.4 Å². The Morgan fingerprint density at radius 1 is 1.06 bits per heavy atom. The first-order valence-electron chi connectivity index (χ1n) is 12.4. The Bertz CT molecular complexity index is 1300. The van der Waals surface area contributed by atoms with Crippen LogP contribution in [-0.4, -0.2) is 38.8 Å². The Morgan fingerprint density at radius 3 is 2.47 bits per heavy atom. The highest BCUT2D eigenvalue weighted by molar-refractivity contribution is 5.72. The van der Waals surface area contributed by atoms with Crippen molar-refractivity contribution in [3.05, 3.63) is 69.2 Å². The Labute approximate surface area is 204 Å². The number of benzene rings is 2. The molecule has 4 rings (SSSR count). The monoisotopic (exact) mass is 459 g/mol. The summed E-state index contributed by atoms with van der Waals surface area (Å²) in [4.78, 5) is 14.1. The van der Waals surface area contributed by atoms with Gasteiger partial charge < -0.3 is 9.64 Å². The third-order valence-corrected chi connectivity index (χ3v) is 7.43. The summed E-state index contributed by atoms with van der Waals surface area (Å²) in [7, 11) is 4.19. The summed E-state index contributed by atoms with van der Waals surface area (Å²) in [6.07, 6.45) is 5.92. The van der Waals surface area contributed by atoms with Gasteiger partial charge in [0.2, 0.25) is 5.36 Å². The summed E-state index contributed by atoms with van der Waals surface area (Å²) in [5, 5.41) is 2.56. The fourth-order valence-corrected chi connectivity index (χ4v) is 5.63. The van der Waals surface area contributed by atoms with E-state index in [4.69, 9.17) is 4.74 Å². The zero-order valence-electron chi connectivity index (χ0n) is 22.1. The van der Waals surface area contributed by atoms with Crippen molar-refractivity contribution in [3.8, 4) is 0 Å². The largest absolute Gasteiger partial charge is 0.466 e. The molecule has 34 heavy (non-hydrogen) atoms. The Balaban J connectivity index is 1.88. The van der Waals surface area contributed by atoms with Gasteiger partial charge in [0.1, 0.15) is 6.54 Å². The van der Waals surface area contributed by atoms with Crippen LogP contribution in [0, 0.1) is 0 Å². The van der Waals surface area contributed by atoms with Gasteiger partial charge in [-0.05, 0) is 71.7 Å². The molecule has 2 aromatic rings. The number of carbonyl (C=O) groups excluding carboxylic acids is 1. The van der Waals surface area contributed by atoms with Gasteiger partial charge in [0.05, 0.1) is 13.0 Å². The average Bonchev–Trinajstić information content (AvgIpc) is 2.75. The fourth-order valence-electron chi connectivity index (χ4n) is 5.63. The van der Waals surface area contributed by atoms with Crippen LogP contribution >= 0.6 is 0 Å². The maximum Gasteiger partial charge on any atom is 0.306 e. The smallest absolute Gasteiger partial charge is 0.306 e. The van der Waals surface area contributed by atoms with Gasteiger partial charge in [0, 0.05) is 57.1 Å². The first kappa shape index (κ1) is 24.3. The fraction of sp³-hybridized carbons (Fsp3) is 0.467. The van der Waals surface area contributed by atoms with E-state index in [0.29, 0.717) is 13.0 Å². The Morgan fingerprint density at radius 2 is 1.79 bits per heavy atom. The molecule has 0 spiro atoms. The van der Waals surface area contributed by atoms with Gasteiger partial charge >= 0.3 is 5.97 Å². The lowest BCUT2D eigenvalue weighted by Gasteiger charge is -2.33. The molecule has 4 heteroatoms. The van der Waals surface area contributed by atoms with Crippen molar-refractivity contribution in [2.75, 3.05) is 32.1 Å². The lowest BCUT2D eigenvalue weighted by atomic mass is 9.71. The van der Waals surface area contributed by atoms with E-state index < -0.39 is 0 Å². The van der Waals surface area contributed by atoms with Crippen molar-refractivity contribution in [2.24, 2.45) is 0 Å². The van der Waals surface area contributed by atoms with Gasteiger partial charge in [0.25, 0.3) is 0 Å². The summed E-state index contributed by atoms with van der Waals surface area (Å²) in [5.41, 5.74) is 7.60. The molecule has 0 saturated carbocycles. The normalized spacial score (nSPS) is 17.1. The molecule has 0 atom stereocenters. The van der Waals surface area contributed by atoms with E-state index in [0.717, 1.165) is 13.0 Å². The minimum absolute atomic E-state index is 0.112. The summed E-state index contributed by atoms with van der Waals surface area (Å²) in [5.74, 6) is -0.112. The topological polar surface area (TPSA) is 32.6 Å². The van der Waals surface area contributed by atoms with Crippen molar-refractivity contribution in [2.45, 2.75) is 65.3 Å². The number of allylic oxidation sites excluding steroid dienone is 1. The quantitative estimate of drug-likeness (QED) is 0.478. The minimum atomic E-state index is -0.126. The highest BCUT2D eigenvalue weighted by Gasteiger charge is 2.36. The number of fused-ring (bicyclic) bond motifs is 3. The van der Waals surface area contributed by atoms with Crippen molar-refractivity contribution in [3.63, 3.8) is 0 Å². The number of carbonyl (C=O) groups is 1. The number of esters is 1. The molecule has 1 heterocycles. The third kappa shape index (κ3) is 4.19. The predicted octanol–water partition coefficient (Wildman–Crippen LogP) is 4.25. The summed E-state index contributed by atoms with van der Waals surface area (Å²) >= 11 is 0. The van der Waals surface area contributed by atoms with Gasteiger partial charge in [-0.3, -0.25) is 4.79 Å². The lowest BCUT2D eigenvalue weighted by Crippen LogP contribution is -2.50. The van der Waals surface area contributed by atoms with Crippen LogP contribution in [0.3, 0.4) is 0 Å². The van der Waals surface area contributed by atoms with Crippen LogP contribution in [0.2, 0.25) is 0 Å². The molecule has 180 valence electrons. The molecule has 4 nitrogen and oxygen atoms in total. The molecular formula is C30H39N2O2+. The zero-order valence-corrected chi connectivity index (χ0v) is 22.1. The zero-order chi connectivity index (χ0) is 24.8. The molecule has 2 aromatic carbocycles. The van der Waals surface area contributed by atoms with E-state index in [2.05, 4.69) is 101 Å². The van der Waals surface area contributed by atoms with Gasteiger partial charge in [-0.2, -0.15) is 0 Å². The van der Waals surface area contributed by atoms with E-state index in [1.54, 1.807) is 0 Å². The maximum absolute atomic E-state index is 12.0. The summed E-state index contributed by atoms with van der Waals surface area (Å²) < 4.78 is 7.62. The molecule has 0 N–H and O–H groups in total. The van der Waals surface area contributed by atoms with Crippen molar-refractivity contribution in [1.82, 2.24) is 4.58 Å². The third-order valence-electron chi connectivity index (χ3n) is 7.43. The number of anilines is 1. The van der Waals surface area contributed by atoms with E-state index in [1.807, 2.05) is 6.92 Å². The van der Waals surface area contributed by atoms with E-state index in [1.165, 1.54) is 44.1 Å². The van der Waals surface area contributed by atoms with E-state index in [-0.39, 0.29) is 16.9 Å². The molecule has 0 fully saturated rings. The summed E-state index contributed by atoms with van der Waals surface area (Å²) in [6, 6.07) is 11.6. The molecule has 0 saturated heterocycles. The van der Waals surface area contributed by atoms with Crippen LogP contribution in [0.1, 0.15) is 76.6 Å². The second-order valence-electron chi connectivity index (χ2n) is 10.9. The number of hydrogen-bond acceptors (Lipinski definition) is 3. The van der Waals surface area contributed by atoms with E-state index >= 15 is 0 Å². The SMILES string of the molecule is CCOC(=O)CCC[N+]1=c2cc3c(cc2C(C)=CC1(C)C)=Cc1ccc(N(C)C)cc1C3(C)C. The lowest BCUT2D eigenvalue weighted by molar-refractivity contribution is -0.143. The predicted molar refractivity (Wildman–Crippen MR) is 142 cm³/mol. The number of hydrogen-bond donors (Lipinski definition) is 0. The van der Waals surface area contributed by atoms with Crippen LogP contribution in [0.25, 0.3) is 11.6 Å². The first-order chi connectivity index (χ1) is 16.0. The Kier molecular flexibility index (Phi) is 6.22. The van der Waals surface area contributed by atoms with Crippen molar-refractivity contribution < 1.29 is 9.53 Å². The van der Waals surface area contributed by atoms with Gasteiger partial charge in [-0.25, -0.2) is 4.58 Å². The van der Waals surface area contributed by atoms with Crippen LogP contribution in [0.4, 0.5) is 5.69 Å². The minimum Gasteiger partial charge on any atom is -0.466 e. The average molecular weight is 460 g/mol. The van der Waals surface area contributed by atoms with Gasteiger partial charge in [-0.1, -0.05) is 19.9 Å². The molecule has 0 bridgehead atoms. The highest BCUT2D eigenvalue weighted by Crippen LogP contribution is 2.37. The molecule has 2 aliphatic rings. The number of rotatable bonds is 6. The molecular weight excluding hydrogens is 420 g/mol. The molecule has 1 aliphatic carbocycles. The second kappa shape index (κ2) is 8.72. The summed E-state index contributed by atoms with van der Waals surface area (Å²) in [6.45, 7) is 14.5. The standard InChI is InChI=1S/C30H39N2O2/c1-9-34-28(33)11-10-14-32-27-18-26-22(16-24(27)20(2)19-29(32,3)4)15-21-12-13-23(31(7)8)17-25(21)30(26,5)6/h12-13,15-19H,9-11,14H2,1-8H3/q+1. The van der Waals surface area contributed by atoms with Crippen molar-refractivity contribution >= 4 is 23.3 Å². The van der Waals surface area contributed by atoms with Gasteiger partial charge in [0.15, 0.2) is 5.54 Å². The maximum atomic E-state index is 12.0. The second-order valence-corrected chi connectivity index (χ2v) is 10.9. The Hall–Kier alpha value is -2.88. The number of nitrogens with zero attached hydrogens (tertiary/aromatic N) is 2. The molecule has 0 unspecified atom stereocenters. The van der Waals surface area contributed by atoms with Crippen LogP contribution in [-0.2, 0) is 14.9 Å². The van der Waals surface area contributed by atoms with Crippen molar-refractivity contribution in [1.29, 1.82) is 0 Å². The van der Waals surface area contributed by atoms with Gasteiger partial charge in [-0.15, -0.1) is 0 Å². The number of ether oxygens (including phenoxy) is 1. The molecule has 0 aromatic heterocycles. The van der Waals surface area contributed by atoms with Crippen LogP contribution < -0.4 is 20.1 Å². The van der Waals surface area contributed by atoms with E-state index in [9.17, 15) is 4.79 Å². The molecule has 0 radical (unpaired) electrons. The molecule has 1 aliphatic heterocycles. The van der Waals surface area contributed by atoms with Crippen LogP contribution in [0.5, 0.6) is 0 Å².